The van der Waals surface area contributed by atoms with Gasteiger partial charge in [-0.15, -0.1) is 10.2 Å². The molecule has 0 aliphatic carbocycles. The first-order chi connectivity index (χ1) is 18.3. The first-order valence-electron chi connectivity index (χ1n) is 13.1. The van der Waals surface area contributed by atoms with E-state index < -0.39 is 17.9 Å². The zero-order valence-corrected chi connectivity index (χ0v) is 23.9. The fraction of sp³-hybridized carbons (Fsp3) is 0.448. The third-order valence-corrected chi connectivity index (χ3v) is 6.48. The van der Waals surface area contributed by atoms with Crippen molar-refractivity contribution in [3.63, 3.8) is 0 Å². The lowest BCUT2D eigenvalue weighted by molar-refractivity contribution is -0.144. The third-order valence-electron chi connectivity index (χ3n) is 6.48. The van der Waals surface area contributed by atoms with Crippen LogP contribution in [0.1, 0.15) is 69.2 Å². The van der Waals surface area contributed by atoms with Crippen LogP contribution in [0, 0.1) is 5.92 Å². The molecule has 0 bridgehead atoms. The summed E-state index contributed by atoms with van der Waals surface area (Å²) in [7, 11) is 3.34. The van der Waals surface area contributed by atoms with Crippen LogP contribution in [0.4, 0.5) is 0 Å². The zero-order valence-electron chi connectivity index (χ0n) is 23.9. The largest absolute Gasteiger partial charge is 0.507 e. The Morgan fingerprint density at radius 1 is 1.05 bits per heavy atom. The second-order valence-electron chi connectivity index (χ2n) is 10.7. The molecule has 0 fully saturated rings. The number of carboxylic acids is 1. The molecule has 1 unspecified atom stereocenters. The van der Waals surface area contributed by atoms with E-state index in [9.17, 15) is 19.8 Å². The maximum absolute atomic E-state index is 13.1. The van der Waals surface area contributed by atoms with E-state index in [1.807, 2.05) is 71.9 Å². The van der Waals surface area contributed by atoms with Crippen molar-refractivity contribution >= 4 is 11.9 Å². The van der Waals surface area contributed by atoms with Crippen LogP contribution in [0.15, 0.2) is 36.4 Å². The number of benzene rings is 2. The molecule has 10 nitrogen and oxygen atoms in total. The topological polar surface area (TPSA) is 130 Å². The van der Waals surface area contributed by atoms with Crippen molar-refractivity contribution < 1.29 is 24.5 Å². The van der Waals surface area contributed by atoms with Gasteiger partial charge in [0.2, 0.25) is 5.82 Å². The summed E-state index contributed by atoms with van der Waals surface area (Å²) >= 11 is 0. The standard InChI is InChI=1S/C29H39N5O5/c1-16(2)21-13-22(23(35)14-24(21)39-8)26-31-32-27(28(36)30-18(5)6)34(26)20-11-9-19(10-12-20)15-33(7)25(17(3)4)29(37)38/h9-14,16-18,25,35H,15H2,1-8H3,(H,30,36)(H,37,38). The van der Waals surface area contributed by atoms with Crippen molar-refractivity contribution in [1.29, 1.82) is 0 Å². The van der Waals surface area contributed by atoms with E-state index in [2.05, 4.69) is 15.5 Å². The number of carbonyl (C=O) groups excluding carboxylic acids is 1. The van der Waals surface area contributed by atoms with Gasteiger partial charge in [-0.25, -0.2) is 0 Å². The Bertz CT molecular complexity index is 1310. The highest BCUT2D eigenvalue weighted by Gasteiger charge is 2.27. The number of likely N-dealkylation sites (N-methyl/N-ethyl adjacent to an activating group) is 1. The van der Waals surface area contributed by atoms with Gasteiger partial charge < -0.3 is 20.3 Å². The summed E-state index contributed by atoms with van der Waals surface area (Å²) in [5.74, 6) is -0.309. The molecule has 1 heterocycles. The molecule has 3 N–H and O–H groups in total. The smallest absolute Gasteiger partial charge is 0.321 e. The maximum atomic E-state index is 13.1. The summed E-state index contributed by atoms with van der Waals surface area (Å²) in [6, 6.07) is 10.0. The summed E-state index contributed by atoms with van der Waals surface area (Å²) in [5.41, 5.74) is 2.82. The molecular formula is C29H39N5O5. The molecule has 0 saturated carbocycles. The number of carbonyl (C=O) groups is 2. The van der Waals surface area contributed by atoms with Crippen LogP contribution in [-0.4, -0.2) is 68.0 Å². The van der Waals surface area contributed by atoms with E-state index in [0.29, 0.717) is 29.4 Å². The average molecular weight is 538 g/mol. The van der Waals surface area contributed by atoms with Crippen molar-refractivity contribution in [2.24, 2.45) is 5.92 Å². The van der Waals surface area contributed by atoms with Crippen molar-refractivity contribution in [1.82, 2.24) is 25.0 Å². The highest BCUT2D eigenvalue weighted by atomic mass is 16.5. The average Bonchev–Trinajstić information content (AvgIpc) is 3.28. The highest BCUT2D eigenvalue weighted by molar-refractivity contribution is 5.92. The number of aromatic hydroxyl groups is 1. The summed E-state index contributed by atoms with van der Waals surface area (Å²) in [5, 5.41) is 31.9. The van der Waals surface area contributed by atoms with E-state index in [0.717, 1.165) is 11.1 Å². The van der Waals surface area contributed by atoms with Crippen LogP contribution < -0.4 is 10.1 Å². The van der Waals surface area contributed by atoms with E-state index in [1.54, 1.807) is 29.7 Å². The van der Waals surface area contributed by atoms with E-state index >= 15 is 0 Å². The number of aliphatic carboxylic acids is 1. The van der Waals surface area contributed by atoms with Crippen molar-refractivity contribution in [3.8, 4) is 28.6 Å². The highest BCUT2D eigenvalue weighted by Crippen LogP contribution is 2.38. The molecule has 210 valence electrons. The molecule has 10 heteroatoms. The zero-order chi connectivity index (χ0) is 29.0. The number of phenols is 1. The quantitative estimate of drug-likeness (QED) is 0.327. The number of nitrogens with zero attached hydrogens (tertiary/aromatic N) is 4. The molecule has 1 atom stereocenters. The number of hydrogen-bond donors (Lipinski definition) is 3. The maximum Gasteiger partial charge on any atom is 0.321 e. The van der Waals surface area contributed by atoms with Gasteiger partial charge in [-0.1, -0.05) is 39.8 Å². The number of methoxy groups -OCH3 is 1. The lowest BCUT2D eigenvalue weighted by atomic mass is 9.98. The number of phenolic OH excluding ortho intramolecular Hbond substituents is 1. The Balaban J connectivity index is 2.10. The number of hydrogen-bond acceptors (Lipinski definition) is 7. The molecule has 0 spiro atoms. The molecule has 0 aliphatic heterocycles. The Hall–Kier alpha value is -3.92. The fourth-order valence-corrected chi connectivity index (χ4v) is 4.69. The second kappa shape index (κ2) is 12.3. The van der Waals surface area contributed by atoms with E-state index in [1.165, 1.54) is 0 Å². The Labute approximate surface area is 229 Å². The van der Waals surface area contributed by atoms with E-state index in [4.69, 9.17) is 4.74 Å². The summed E-state index contributed by atoms with van der Waals surface area (Å²) < 4.78 is 7.08. The van der Waals surface area contributed by atoms with Crippen LogP contribution in [0.3, 0.4) is 0 Å². The van der Waals surface area contributed by atoms with Crippen LogP contribution in [-0.2, 0) is 11.3 Å². The fourth-order valence-electron chi connectivity index (χ4n) is 4.69. The molecule has 0 radical (unpaired) electrons. The summed E-state index contributed by atoms with van der Waals surface area (Å²) in [6.07, 6.45) is 0. The number of amides is 1. The van der Waals surface area contributed by atoms with Crippen LogP contribution in [0.25, 0.3) is 17.1 Å². The summed E-state index contributed by atoms with van der Waals surface area (Å²) in [6.45, 7) is 12.0. The van der Waals surface area contributed by atoms with Gasteiger partial charge in [-0.3, -0.25) is 19.1 Å². The lowest BCUT2D eigenvalue weighted by Crippen LogP contribution is -2.41. The molecule has 3 rings (SSSR count). The molecule has 3 aromatic rings. The molecule has 1 amide bonds. The molecule has 2 aromatic carbocycles. The summed E-state index contributed by atoms with van der Waals surface area (Å²) in [4.78, 5) is 26.6. The van der Waals surface area contributed by atoms with Gasteiger partial charge in [-0.2, -0.15) is 0 Å². The number of nitrogens with one attached hydrogen (secondary N) is 1. The molecular weight excluding hydrogens is 498 g/mol. The predicted octanol–water partition coefficient (Wildman–Crippen LogP) is 4.45. The third kappa shape index (κ3) is 6.57. The lowest BCUT2D eigenvalue weighted by Gasteiger charge is -2.27. The molecule has 1 aromatic heterocycles. The van der Waals surface area contributed by atoms with Crippen LogP contribution >= 0.6 is 0 Å². The van der Waals surface area contributed by atoms with Crippen LogP contribution in [0.2, 0.25) is 0 Å². The second-order valence-corrected chi connectivity index (χ2v) is 10.7. The normalized spacial score (nSPS) is 12.4. The molecule has 39 heavy (non-hydrogen) atoms. The van der Waals surface area contributed by atoms with Gasteiger partial charge in [-0.05, 0) is 62.1 Å². The van der Waals surface area contributed by atoms with Gasteiger partial charge >= 0.3 is 5.97 Å². The molecule has 0 aliphatic rings. The minimum absolute atomic E-state index is 0.0487. The predicted molar refractivity (Wildman–Crippen MR) is 149 cm³/mol. The Morgan fingerprint density at radius 3 is 2.21 bits per heavy atom. The van der Waals surface area contributed by atoms with Gasteiger partial charge in [0.1, 0.15) is 17.5 Å². The van der Waals surface area contributed by atoms with Gasteiger partial charge in [0, 0.05) is 24.3 Å². The number of rotatable bonds is 11. The van der Waals surface area contributed by atoms with Crippen LogP contribution in [0.5, 0.6) is 11.5 Å². The molecule has 0 saturated heterocycles. The minimum atomic E-state index is -0.862. The van der Waals surface area contributed by atoms with Gasteiger partial charge in [0.25, 0.3) is 5.91 Å². The monoisotopic (exact) mass is 537 g/mol. The van der Waals surface area contributed by atoms with E-state index in [-0.39, 0.29) is 29.5 Å². The Kier molecular flexibility index (Phi) is 9.34. The van der Waals surface area contributed by atoms with Gasteiger partial charge in [0.15, 0.2) is 5.82 Å². The number of ether oxygens (including phenoxy) is 1. The minimum Gasteiger partial charge on any atom is -0.507 e. The van der Waals surface area contributed by atoms with Crippen molar-refractivity contribution in [2.45, 2.75) is 66.1 Å². The van der Waals surface area contributed by atoms with Crippen molar-refractivity contribution in [3.05, 3.63) is 53.3 Å². The number of aromatic nitrogens is 3. The first kappa shape index (κ1) is 29.6. The van der Waals surface area contributed by atoms with Crippen molar-refractivity contribution in [2.75, 3.05) is 14.2 Å². The SMILES string of the molecule is COc1cc(O)c(-c2nnc(C(=O)NC(C)C)n2-c2ccc(CN(C)C(C(=O)O)C(C)C)cc2)cc1C(C)C. The number of carboxylic acid groups (broad SMARTS) is 1. The first-order valence-corrected chi connectivity index (χ1v) is 13.1. The Morgan fingerprint density at radius 2 is 1.69 bits per heavy atom. The van der Waals surface area contributed by atoms with Gasteiger partial charge in [0.05, 0.1) is 12.7 Å².